The number of benzene rings is 1. The molecule has 0 bridgehead atoms. The topological polar surface area (TPSA) is 26.0 Å². The van der Waals surface area contributed by atoms with E-state index in [-0.39, 0.29) is 5.41 Å². The third kappa shape index (κ3) is 4.91. The fourth-order valence-corrected chi connectivity index (χ4v) is 2.04. The van der Waals surface area contributed by atoms with Gasteiger partial charge >= 0.3 is 0 Å². The van der Waals surface area contributed by atoms with Crippen molar-refractivity contribution >= 4 is 0 Å². The molecule has 0 heterocycles. The summed E-state index contributed by atoms with van der Waals surface area (Å²) in [6.07, 6.45) is 4.53. The van der Waals surface area contributed by atoms with E-state index in [0.717, 1.165) is 19.3 Å². The van der Waals surface area contributed by atoms with E-state index in [0.29, 0.717) is 6.04 Å². The molecule has 0 aliphatic carbocycles. The molecule has 1 unspecified atom stereocenters. The fourth-order valence-electron chi connectivity index (χ4n) is 2.04. The molecule has 1 heteroatoms. The van der Waals surface area contributed by atoms with Crippen LogP contribution in [-0.2, 0) is 11.8 Å². The van der Waals surface area contributed by atoms with Crippen molar-refractivity contribution in [1.29, 1.82) is 0 Å². The van der Waals surface area contributed by atoms with Crippen LogP contribution < -0.4 is 5.73 Å². The first-order chi connectivity index (χ1) is 7.93. The van der Waals surface area contributed by atoms with E-state index in [1.165, 1.54) is 17.5 Å². The van der Waals surface area contributed by atoms with Crippen LogP contribution in [0.4, 0.5) is 0 Å². The van der Waals surface area contributed by atoms with Crippen LogP contribution in [0.1, 0.15) is 58.1 Å². The second kappa shape index (κ2) is 6.20. The predicted molar refractivity (Wildman–Crippen MR) is 76.3 cm³/mol. The average Bonchev–Trinajstić information content (AvgIpc) is 2.26. The molecule has 1 nitrogen and oxygen atoms in total. The predicted octanol–water partition coefficient (Wildman–Crippen LogP) is 4.04. The highest BCUT2D eigenvalue weighted by atomic mass is 14.6. The van der Waals surface area contributed by atoms with Gasteiger partial charge in [-0.25, -0.2) is 0 Å². The third-order valence-electron chi connectivity index (χ3n) is 3.28. The summed E-state index contributed by atoms with van der Waals surface area (Å²) in [7, 11) is 0. The van der Waals surface area contributed by atoms with Crippen LogP contribution in [0, 0.1) is 0 Å². The Labute approximate surface area is 106 Å². The lowest BCUT2D eigenvalue weighted by Gasteiger charge is -2.19. The number of nitrogens with two attached hydrogens (primary N) is 1. The SMILES string of the molecule is CCCC(N)CCc1ccc(C(C)(C)C)cc1. The van der Waals surface area contributed by atoms with Crippen molar-refractivity contribution in [3.63, 3.8) is 0 Å². The lowest BCUT2D eigenvalue weighted by molar-refractivity contribution is 0.560. The minimum absolute atomic E-state index is 0.247. The normalized spacial score (nSPS) is 13.7. The van der Waals surface area contributed by atoms with Crippen molar-refractivity contribution in [3.8, 4) is 0 Å². The summed E-state index contributed by atoms with van der Waals surface area (Å²) in [5, 5.41) is 0. The maximum Gasteiger partial charge on any atom is 0.00418 e. The first-order valence-electron chi connectivity index (χ1n) is 6.78. The minimum atomic E-state index is 0.247. The molecule has 0 aliphatic heterocycles. The van der Waals surface area contributed by atoms with Crippen molar-refractivity contribution in [2.45, 2.75) is 64.8 Å². The Hall–Kier alpha value is -0.820. The van der Waals surface area contributed by atoms with Crippen LogP contribution in [0.3, 0.4) is 0 Å². The van der Waals surface area contributed by atoms with Gasteiger partial charge in [-0.3, -0.25) is 0 Å². The lowest BCUT2D eigenvalue weighted by atomic mass is 9.86. The molecule has 0 aliphatic rings. The Kier molecular flexibility index (Phi) is 5.20. The summed E-state index contributed by atoms with van der Waals surface area (Å²) in [4.78, 5) is 0. The highest BCUT2D eigenvalue weighted by Crippen LogP contribution is 2.22. The second-order valence-electron chi connectivity index (χ2n) is 6.03. The van der Waals surface area contributed by atoms with Crippen molar-refractivity contribution in [2.75, 3.05) is 0 Å². The van der Waals surface area contributed by atoms with E-state index in [9.17, 15) is 0 Å². The van der Waals surface area contributed by atoms with Gasteiger partial charge in [0.1, 0.15) is 0 Å². The largest absolute Gasteiger partial charge is 0.328 e. The first kappa shape index (κ1) is 14.2. The molecule has 1 rings (SSSR count). The van der Waals surface area contributed by atoms with Crippen LogP contribution >= 0.6 is 0 Å². The van der Waals surface area contributed by atoms with Gasteiger partial charge < -0.3 is 5.73 Å². The number of hydrogen-bond donors (Lipinski definition) is 1. The highest BCUT2D eigenvalue weighted by molar-refractivity contribution is 5.27. The molecule has 0 radical (unpaired) electrons. The Morgan fingerprint density at radius 1 is 1.06 bits per heavy atom. The Morgan fingerprint density at radius 2 is 1.65 bits per heavy atom. The summed E-state index contributed by atoms with van der Waals surface area (Å²) in [5.41, 5.74) is 9.09. The van der Waals surface area contributed by atoms with Gasteiger partial charge in [0.25, 0.3) is 0 Å². The number of rotatable bonds is 5. The lowest BCUT2D eigenvalue weighted by Crippen LogP contribution is -2.20. The smallest absolute Gasteiger partial charge is 0.00418 e. The molecule has 17 heavy (non-hydrogen) atoms. The van der Waals surface area contributed by atoms with Crippen molar-refractivity contribution in [2.24, 2.45) is 5.73 Å². The Morgan fingerprint density at radius 3 is 2.12 bits per heavy atom. The van der Waals surface area contributed by atoms with E-state index in [4.69, 9.17) is 5.73 Å². The number of hydrogen-bond acceptors (Lipinski definition) is 1. The summed E-state index contributed by atoms with van der Waals surface area (Å²) < 4.78 is 0. The summed E-state index contributed by atoms with van der Waals surface area (Å²) >= 11 is 0. The Bertz CT molecular complexity index is 318. The highest BCUT2D eigenvalue weighted by Gasteiger charge is 2.12. The third-order valence-corrected chi connectivity index (χ3v) is 3.28. The van der Waals surface area contributed by atoms with E-state index in [1.807, 2.05) is 0 Å². The minimum Gasteiger partial charge on any atom is -0.328 e. The molecule has 0 saturated heterocycles. The number of aryl methyl sites for hydroxylation is 1. The standard InChI is InChI=1S/C16H27N/c1-5-6-15(17)12-9-13-7-10-14(11-8-13)16(2,3)4/h7-8,10-11,15H,5-6,9,12,17H2,1-4H3. The molecule has 1 aromatic carbocycles. The van der Waals surface area contributed by atoms with Crippen molar-refractivity contribution in [3.05, 3.63) is 35.4 Å². The van der Waals surface area contributed by atoms with Gasteiger partial charge in [0, 0.05) is 6.04 Å². The van der Waals surface area contributed by atoms with Crippen LogP contribution in [0.15, 0.2) is 24.3 Å². The molecule has 96 valence electrons. The molecule has 0 saturated carbocycles. The van der Waals surface area contributed by atoms with Gasteiger partial charge in [-0.1, -0.05) is 58.4 Å². The molecule has 0 aromatic heterocycles. The molecule has 1 atom stereocenters. The molecule has 0 amide bonds. The molecular formula is C16H27N. The molecule has 1 aromatic rings. The maximum absolute atomic E-state index is 6.03. The summed E-state index contributed by atoms with van der Waals surface area (Å²) in [5.74, 6) is 0. The zero-order chi connectivity index (χ0) is 12.9. The second-order valence-corrected chi connectivity index (χ2v) is 6.03. The van der Waals surface area contributed by atoms with Gasteiger partial charge in [-0.2, -0.15) is 0 Å². The fraction of sp³-hybridized carbons (Fsp3) is 0.625. The monoisotopic (exact) mass is 233 g/mol. The molecule has 0 spiro atoms. The van der Waals surface area contributed by atoms with E-state index in [2.05, 4.69) is 52.0 Å². The Balaban J connectivity index is 2.51. The average molecular weight is 233 g/mol. The van der Waals surface area contributed by atoms with Crippen LogP contribution in [0.5, 0.6) is 0 Å². The summed E-state index contributed by atoms with van der Waals surface area (Å²) in [6, 6.07) is 9.36. The van der Waals surface area contributed by atoms with Crippen LogP contribution in [-0.4, -0.2) is 6.04 Å². The van der Waals surface area contributed by atoms with Gasteiger partial charge in [0.2, 0.25) is 0 Å². The van der Waals surface area contributed by atoms with E-state index in [1.54, 1.807) is 0 Å². The van der Waals surface area contributed by atoms with Gasteiger partial charge in [0.05, 0.1) is 0 Å². The van der Waals surface area contributed by atoms with Gasteiger partial charge in [-0.15, -0.1) is 0 Å². The zero-order valence-corrected chi connectivity index (χ0v) is 11.8. The molecular weight excluding hydrogens is 206 g/mol. The van der Waals surface area contributed by atoms with E-state index >= 15 is 0 Å². The molecule has 2 N–H and O–H groups in total. The van der Waals surface area contributed by atoms with Crippen molar-refractivity contribution < 1.29 is 0 Å². The van der Waals surface area contributed by atoms with E-state index < -0.39 is 0 Å². The quantitative estimate of drug-likeness (QED) is 0.816. The summed E-state index contributed by atoms with van der Waals surface area (Å²) in [6.45, 7) is 8.94. The maximum atomic E-state index is 6.03. The van der Waals surface area contributed by atoms with Gasteiger partial charge in [-0.05, 0) is 35.8 Å². The van der Waals surface area contributed by atoms with Gasteiger partial charge in [0.15, 0.2) is 0 Å². The zero-order valence-electron chi connectivity index (χ0n) is 11.8. The molecule has 0 fully saturated rings. The van der Waals surface area contributed by atoms with Crippen LogP contribution in [0.25, 0.3) is 0 Å². The first-order valence-corrected chi connectivity index (χ1v) is 6.78. The van der Waals surface area contributed by atoms with Crippen molar-refractivity contribution in [1.82, 2.24) is 0 Å². The van der Waals surface area contributed by atoms with Crippen LogP contribution in [0.2, 0.25) is 0 Å².